The molecule has 5 nitrogen and oxygen atoms in total. The summed E-state index contributed by atoms with van der Waals surface area (Å²) < 4.78 is 0. The maximum absolute atomic E-state index is 12.1. The number of nitrogens with zero attached hydrogens (tertiary/aromatic N) is 2. The molecule has 23 heavy (non-hydrogen) atoms. The summed E-state index contributed by atoms with van der Waals surface area (Å²) in [7, 11) is 0. The molecular weight excluding hydrogens is 290 g/mol. The van der Waals surface area contributed by atoms with Gasteiger partial charge in [0.05, 0.1) is 6.04 Å². The molecule has 1 aromatic carbocycles. The Balaban J connectivity index is 1.88. The second kappa shape index (κ2) is 8.11. The highest BCUT2D eigenvalue weighted by Crippen LogP contribution is 2.18. The van der Waals surface area contributed by atoms with E-state index >= 15 is 0 Å². The second-order valence-electron chi connectivity index (χ2n) is 6.09. The van der Waals surface area contributed by atoms with Crippen LogP contribution in [-0.4, -0.2) is 55.4 Å². The van der Waals surface area contributed by atoms with Gasteiger partial charge in [-0.05, 0) is 44.5 Å². The lowest BCUT2D eigenvalue weighted by atomic mass is 10.1. The van der Waals surface area contributed by atoms with Crippen molar-refractivity contribution in [2.75, 3.05) is 37.6 Å². The van der Waals surface area contributed by atoms with Gasteiger partial charge in [-0.15, -0.1) is 0 Å². The fourth-order valence-corrected chi connectivity index (χ4v) is 2.84. The van der Waals surface area contributed by atoms with Crippen LogP contribution >= 0.6 is 0 Å². The Bertz CT molecular complexity index is 534. The molecule has 1 atom stereocenters. The minimum atomic E-state index is -0.0798. The van der Waals surface area contributed by atoms with E-state index in [-0.39, 0.29) is 17.7 Å². The molecular formula is C18H27N3O2. The van der Waals surface area contributed by atoms with Crippen molar-refractivity contribution >= 4 is 17.4 Å². The van der Waals surface area contributed by atoms with Gasteiger partial charge in [-0.2, -0.15) is 0 Å². The zero-order valence-electron chi connectivity index (χ0n) is 14.3. The van der Waals surface area contributed by atoms with Gasteiger partial charge in [0.1, 0.15) is 0 Å². The van der Waals surface area contributed by atoms with Crippen molar-refractivity contribution in [3.8, 4) is 0 Å². The number of benzene rings is 1. The average Bonchev–Trinajstić information content (AvgIpc) is 2.59. The quantitative estimate of drug-likeness (QED) is 0.815. The minimum Gasteiger partial charge on any atom is -0.369 e. The Morgan fingerprint density at radius 2 is 1.74 bits per heavy atom. The normalized spacial score (nSPS) is 16.9. The zero-order valence-corrected chi connectivity index (χ0v) is 14.3. The number of rotatable bonds is 6. The van der Waals surface area contributed by atoms with Gasteiger partial charge in [0.15, 0.2) is 5.78 Å². The van der Waals surface area contributed by atoms with Gasteiger partial charge >= 0.3 is 0 Å². The predicted molar refractivity (Wildman–Crippen MR) is 93.0 cm³/mol. The van der Waals surface area contributed by atoms with E-state index in [2.05, 4.69) is 22.0 Å². The summed E-state index contributed by atoms with van der Waals surface area (Å²) in [4.78, 5) is 27.9. The summed E-state index contributed by atoms with van der Waals surface area (Å²) in [6, 6.07) is 7.69. The first kappa shape index (κ1) is 17.5. The highest BCUT2D eigenvalue weighted by molar-refractivity contribution is 5.94. The smallest absolute Gasteiger partial charge is 0.237 e. The van der Waals surface area contributed by atoms with Crippen molar-refractivity contribution in [1.82, 2.24) is 10.2 Å². The number of Topliss-reactive ketones (excluding diaryl/α,β-unsaturated/α-hetero) is 1. The molecule has 1 heterocycles. The number of piperazine rings is 1. The third-order valence-corrected chi connectivity index (χ3v) is 4.43. The fourth-order valence-electron chi connectivity index (χ4n) is 2.84. The molecule has 0 spiro atoms. The van der Waals surface area contributed by atoms with E-state index in [0.29, 0.717) is 0 Å². The van der Waals surface area contributed by atoms with Gasteiger partial charge in [-0.1, -0.05) is 6.92 Å². The maximum Gasteiger partial charge on any atom is 0.237 e. The molecule has 1 aromatic rings. The molecule has 1 aliphatic rings. The molecule has 0 aromatic heterocycles. The molecule has 1 unspecified atom stereocenters. The molecule has 1 amide bonds. The molecule has 2 rings (SSSR count). The van der Waals surface area contributed by atoms with E-state index in [0.717, 1.165) is 50.4 Å². The van der Waals surface area contributed by atoms with E-state index in [4.69, 9.17) is 0 Å². The summed E-state index contributed by atoms with van der Waals surface area (Å²) in [6.07, 6.45) is 0.961. The highest BCUT2D eigenvalue weighted by atomic mass is 16.2. The van der Waals surface area contributed by atoms with Crippen LogP contribution in [0.25, 0.3) is 0 Å². The number of carbonyl (C=O) groups is 2. The third-order valence-electron chi connectivity index (χ3n) is 4.43. The second-order valence-corrected chi connectivity index (χ2v) is 6.09. The third kappa shape index (κ3) is 4.55. The van der Waals surface area contributed by atoms with Crippen molar-refractivity contribution in [2.45, 2.75) is 33.2 Å². The Hall–Kier alpha value is -1.88. The SMILES string of the molecule is CCCNC(=O)C(C)N1CCN(c2ccc(C(C)=O)cc2)CC1. The molecule has 126 valence electrons. The first-order valence-corrected chi connectivity index (χ1v) is 8.40. The summed E-state index contributed by atoms with van der Waals surface area (Å²) in [5.74, 6) is 0.208. The lowest BCUT2D eigenvalue weighted by Gasteiger charge is -2.38. The lowest BCUT2D eigenvalue weighted by Crippen LogP contribution is -2.54. The molecule has 0 bridgehead atoms. The topological polar surface area (TPSA) is 52.7 Å². The van der Waals surface area contributed by atoms with E-state index in [1.807, 2.05) is 31.2 Å². The van der Waals surface area contributed by atoms with Crippen LogP contribution in [0.5, 0.6) is 0 Å². The molecule has 0 aliphatic carbocycles. The predicted octanol–water partition coefficient (Wildman–Crippen LogP) is 1.93. The van der Waals surface area contributed by atoms with E-state index < -0.39 is 0 Å². The van der Waals surface area contributed by atoms with Crippen LogP contribution < -0.4 is 10.2 Å². The first-order chi connectivity index (χ1) is 11.0. The number of carbonyl (C=O) groups excluding carboxylic acids is 2. The average molecular weight is 317 g/mol. The van der Waals surface area contributed by atoms with Crippen LogP contribution in [0.1, 0.15) is 37.6 Å². The van der Waals surface area contributed by atoms with Crippen LogP contribution in [0, 0.1) is 0 Å². The van der Waals surface area contributed by atoms with Crippen molar-refractivity contribution in [3.05, 3.63) is 29.8 Å². The van der Waals surface area contributed by atoms with E-state index in [1.54, 1.807) is 6.92 Å². The zero-order chi connectivity index (χ0) is 16.8. The molecule has 0 radical (unpaired) electrons. The van der Waals surface area contributed by atoms with Gasteiger partial charge < -0.3 is 10.2 Å². The van der Waals surface area contributed by atoms with Crippen molar-refractivity contribution in [3.63, 3.8) is 0 Å². The number of nitrogens with one attached hydrogen (secondary N) is 1. The fraction of sp³-hybridized carbons (Fsp3) is 0.556. The molecule has 0 saturated carbocycles. The van der Waals surface area contributed by atoms with Gasteiger partial charge in [0.2, 0.25) is 5.91 Å². The standard InChI is InChI=1S/C18H27N3O2/c1-4-9-19-18(23)14(2)20-10-12-21(13-11-20)17-7-5-16(6-8-17)15(3)22/h5-8,14H,4,9-13H2,1-3H3,(H,19,23). The Labute approximate surface area is 138 Å². The number of hydrogen-bond donors (Lipinski definition) is 1. The largest absolute Gasteiger partial charge is 0.369 e. The van der Waals surface area contributed by atoms with Crippen molar-refractivity contribution in [2.24, 2.45) is 0 Å². The van der Waals surface area contributed by atoms with Gasteiger partial charge in [0.25, 0.3) is 0 Å². The summed E-state index contributed by atoms with van der Waals surface area (Å²) in [6.45, 7) is 9.88. The summed E-state index contributed by atoms with van der Waals surface area (Å²) >= 11 is 0. The molecule has 5 heteroatoms. The van der Waals surface area contributed by atoms with Crippen molar-refractivity contribution < 1.29 is 9.59 Å². The van der Waals surface area contributed by atoms with Gasteiger partial charge in [-0.3, -0.25) is 14.5 Å². The Kier molecular flexibility index (Phi) is 6.16. The van der Waals surface area contributed by atoms with Crippen LogP contribution in [0.15, 0.2) is 24.3 Å². The van der Waals surface area contributed by atoms with E-state index in [1.165, 1.54) is 0 Å². The lowest BCUT2D eigenvalue weighted by molar-refractivity contribution is -0.126. The molecule has 1 saturated heterocycles. The number of ketones is 1. The number of anilines is 1. The molecule has 1 fully saturated rings. The van der Waals surface area contributed by atoms with Gasteiger partial charge in [0, 0.05) is 44.0 Å². The van der Waals surface area contributed by atoms with Crippen LogP contribution in [0.3, 0.4) is 0 Å². The minimum absolute atomic E-state index is 0.0798. The molecule has 1 aliphatic heterocycles. The number of hydrogen-bond acceptors (Lipinski definition) is 4. The van der Waals surface area contributed by atoms with Crippen LogP contribution in [0.4, 0.5) is 5.69 Å². The Morgan fingerprint density at radius 1 is 1.13 bits per heavy atom. The van der Waals surface area contributed by atoms with Crippen LogP contribution in [0.2, 0.25) is 0 Å². The van der Waals surface area contributed by atoms with E-state index in [9.17, 15) is 9.59 Å². The summed E-state index contributed by atoms with van der Waals surface area (Å²) in [5.41, 5.74) is 1.88. The first-order valence-electron chi connectivity index (χ1n) is 8.40. The number of amides is 1. The van der Waals surface area contributed by atoms with Crippen molar-refractivity contribution in [1.29, 1.82) is 0 Å². The summed E-state index contributed by atoms with van der Waals surface area (Å²) in [5, 5.41) is 2.96. The maximum atomic E-state index is 12.1. The Morgan fingerprint density at radius 3 is 2.26 bits per heavy atom. The highest BCUT2D eigenvalue weighted by Gasteiger charge is 2.25. The monoisotopic (exact) mass is 317 g/mol. The molecule has 1 N–H and O–H groups in total. The van der Waals surface area contributed by atoms with Crippen LogP contribution in [-0.2, 0) is 4.79 Å². The van der Waals surface area contributed by atoms with Gasteiger partial charge in [-0.25, -0.2) is 0 Å².